The average molecular weight is 702 g/mol. The van der Waals surface area contributed by atoms with E-state index in [1.54, 1.807) is 21.1 Å². The smallest absolute Gasteiger partial charge is 0.330 e. The highest BCUT2D eigenvalue weighted by Gasteiger charge is 2.73. The molecule has 0 saturated carbocycles. The van der Waals surface area contributed by atoms with Gasteiger partial charge in [-0.1, -0.05) is 88.5 Å². The first-order valence-corrected chi connectivity index (χ1v) is 20.0. The van der Waals surface area contributed by atoms with Crippen molar-refractivity contribution in [3.8, 4) is 11.5 Å². The maximum absolute atomic E-state index is 13.7. The molecular formula is C39H51N3O7Si. The van der Waals surface area contributed by atoms with Crippen LogP contribution in [0.4, 0.5) is 0 Å². The van der Waals surface area contributed by atoms with E-state index < -0.39 is 52.9 Å². The summed E-state index contributed by atoms with van der Waals surface area (Å²) in [6.07, 6.45) is -1.00. The van der Waals surface area contributed by atoms with Gasteiger partial charge in [-0.25, -0.2) is 4.79 Å². The Hall–Kier alpha value is -4.00. The Morgan fingerprint density at radius 3 is 1.90 bits per heavy atom. The highest BCUT2D eigenvalue weighted by molar-refractivity contribution is 6.83. The molecule has 268 valence electrons. The van der Waals surface area contributed by atoms with E-state index >= 15 is 0 Å². The van der Waals surface area contributed by atoms with Crippen molar-refractivity contribution in [2.24, 2.45) is 5.73 Å². The van der Waals surface area contributed by atoms with E-state index in [0.717, 1.165) is 16.7 Å². The van der Waals surface area contributed by atoms with E-state index in [2.05, 4.69) is 38.8 Å². The molecule has 5 rings (SSSR count). The fourth-order valence-electron chi connectivity index (χ4n) is 7.81. The Kier molecular flexibility index (Phi) is 10.1. The van der Waals surface area contributed by atoms with Crippen molar-refractivity contribution in [2.45, 2.75) is 87.2 Å². The van der Waals surface area contributed by atoms with Crippen molar-refractivity contribution in [1.82, 2.24) is 9.55 Å². The molecule has 1 aliphatic heterocycles. The minimum absolute atomic E-state index is 0.0119. The van der Waals surface area contributed by atoms with Crippen LogP contribution in [0.5, 0.6) is 11.5 Å². The van der Waals surface area contributed by atoms with E-state index in [9.17, 15) is 19.8 Å². The molecule has 5 N–H and O–H groups in total. The van der Waals surface area contributed by atoms with E-state index in [0.29, 0.717) is 17.1 Å². The van der Waals surface area contributed by atoms with Crippen LogP contribution in [0.15, 0.2) is 94.6 Å². The van der Waals surface area contributed by atoms with Crippen LogP contribution in [0, 0.1) is 6.92 Å². The number of nitrogens with two attached hydrogens (primary N) is 1. The van der Waals surface area contributed by atoms with Crippen molar-refractivity contribution in [3.05, 3.63) is 128 Å². The second kappa shape index (κ2) is 13.6. The van der Waals surface area contributed by atoms with Crippen LogP contribution in [0.2, 0.25) is 18.1 Å². The molecule has 0 radical (unpaired) electrons. The summed E-state index contributed by atoms with van der Waals surface area (Å²) in [6, 6.07) is 24.7. The van der Waals surface area contributed by atoms with Gasteiger partial charge in [0.05, 0.1) is 32.9 Å². The molecule has 11 heteroatoms. The number of nitrogens with one attached hydrogen (secondary N) is 1. The number of nitrogens with zero attached hydrogens (tertiary/aromatic N) is 1. The maximum atomic E-state index is 13.7. The van der Waals surface area contributed by atoms with E-state index in [1.807, 2.05) is 78.9 Å². The molecular weight excluding hydrogens is 651 g/mol. The van der Waals surface area contributed by atoms with Crippen LogP contribution in [-0.2, 0) is 10.2 Å². The van der Waals surface area contributed by atoms with Gasteiger partial charge in [0.2, 0.25) is 0 Å². The summed E-state index contributed by atoms with van der Waals surface area (Å²) in [5.74, 6) is 1.28. The zero-order chi connectivity index (χ0) is 36.7. The fourth-order valence-corrected chi connectivity index (χ4v) is 11.1. The van der Waals surface area contributed by atoms with Gasteiger partial charge >= 0.3 is 5.69 Å². The number of benzene rings is 3. The molecule has 50 heavy (non-hydrogen) atoms. The Bertz CT molecular complexity index is 1850. The highest BCUT2D eigenvalue weighted by Crippen LogP contribution is 2.61. The van der Waals surface area contributed by atoms with Gasteiger partial charge in [0.1, 0.15) is 29.4 Å². The van der Waals surface area contributed by atoms with Crippen LogP contribution in [0.1, 0.15) is 62.1 Å². The van der Waals surface area contributed by atoms with E-state index in [-0.39, 0.29) is 19.4 Å². The van der Waals surface area contributed by atoms with Gasteiger partial charge in [0.25, 0.3) is 5.56 Å². The summed E-state index contributed by atoms with van der Waals surface area (Å²) in [4.78, 5) is 28.2. The lowest BCUT2D eigenvalue weighted by molar-refractivity contribution is -0.192. The normalized spacial score (nSPS) is 21.9. The standard InChI is InChI=1S/C39H51N3O7Si/c1-26-25-42(35(45)41-33(26)43)32-24-38(46,50(7,8)36(2,3)4)37(49-32,22-23-40)34(44)39(27-12-10-9-11-13-27,28-14-18-30(47-5)19-15-28)29-16-20-31(48-6)21-17-29/h9-21,25,32,34,44,46H,22-24,40H2,1-8H3,(H,41,43,45)/t32-,34?,37-,38-/m1/s1. The Labute approximate surface area is 294 Å². The largest absolute Gasteiger partial charge is 0.497 e. The van der Waals surface area contributed by atoms with E-state index in [1.165, 1.54) is 10.8 Å². The first-order chi connectivity index (χ1) is 23.5. The Morgan fingerprint density at radius 2 is 1.44 bits per heavy atom. The number of H-pyrrole nitrogens is 1. The summed E-state index contributed by atoms with van der Waals surface area (Å²) in [7, 11) is 0.224. The van der Waals surface area contributed by atoms with Gasteiger partial charge in [-0.3, -0.25) is 14.3 Å². The SMILES string of the molecule is COc1ccc(C(c2ccccc2)(c2ccc(OC)cc2)C(O)[C@@]2(CCN)O[C@@H](n3cc(C)c(=O)[nH]c3=O)C[C@@]2(O)[Si](C)(C)C(C)(C)C)cc1. The number of hydrogen-bond acceptors (Lipinski definition) is 8. The average Bonchev–Trinajstić information content (AvgIpc) is 3.41. The minimum atomic E-state index is -2.97. The molecule has 1 saturated heterocycles. The molecule has 0 amide bonds. The van der Waals surface area contributed by atoms with Crippen molar-refractivity contribution >= 4 is 8.07 Å². The topological polar surface area (TPSA) is 149 Å². The maximum Gasteiger partial charge on any atom is 0.330 e. The molecule has 3 aromatic carbocycles. The number of methoxy groups -OCH3 is 2. The Morgan fingerprint density at radius 1 is 0.940 bits per heavy atom. The lowest BCUT2D eigenvalue weighted by Gasteiger charge is -2.58. The number of aromatic nitrogens is 2. The zero-order valence-electron chi connectivity index (χ0n) is 30.3. The minimum Gasteiger partial charge on any atom is -0.497 e. The monoisotopic (exact) mass is 701 g/mol. The van der Waals surface area contributed by atoms with Crippen LogP contribution >= 0.6 is 0 Å². The molecule has 1 aliphatic rings. The van der Waals surface area contributed by atoms with Crippen LogP contribution < -0.4 is 26.5 Å². The fraction of sp³-hybridized carbons (Fsp3) is 0.436. The zero-order valence-corrected chi connectivity index (χ0v) is 31.3. The van der Waals surface area contributed by atoms with E-state index in [4.69, 9.17) is 19.9 Å². The highest BCUT2D eigenvalue weighted by atomic mass is 28.3. The van der Waals surface area contributed by atoms with Gasteiger partial charge in [-0.15, -0.1) is 0 Å². The van der Waals surface area contributed by atoms with Crippen molar-refractivity contribution in [3.63, 3.8) is 0 Å². The molecule has 4 atom stereocenters. The number of aliphatic hydroxyl groups is 2. The number of ether oxygens (including phenoxy) is 3. The molecule has 0 bridgehead atoms. The summed E-state index contributed by atoms with van der Waals surface area (Å²) >= 11 is 0. The van der Waals surface area contributed by atoms with Crippen LogP contribution in [0.3, 0.4) is 0 Å². The lowest BCUT2D eigenvalue weighted by atomic mass is 9.60. The molecule has 2 heterocycles. The number of hydrogen-bond donors (Lipinski definition) is 4. The Balaban J connectivity index is 1.93. The second-order valence-corrected chi connectivity index (χ2v) is 20.5. The summed E-state index contributed by atoms with van der Waals surface area (Å²) < 4.78 is 19.5. The quantitative estimate of drug-likeness (QED) is 0.126. The van der Waals surface area contributed by atoms with Crippen molar-refractivity contribution < 1.29 is 24.4 Å². The van der Waals surface area contributed by atoms with Crippen molar-refractivity contribution in [2.75, 3.05) is 20.8 Å². The first kappa shape index (κ1) is 37.3. The van der Waals surface area contributed by atoms with Crippen LogP contribution in [0.25, 0.3) is 0 Å². The van der Waals surface area contributed by atoms with Gasteiger partial charge < -0.3 is 30.2 Å². The third-order valence-corrected chi connectivity index (χ3v) is 18.0. The second-order valence-electron chi connectivity index (χ2n) is 15.0. The third-order valence-electron chi connectivity index (χ3n) is 11.6. The van der Waals surface area contributed by atoms with Gasteiger partial charge in [0, 0.05) is 18.2 Å². The predicted octanol–water partition coefficient (Wildman–Crippen LogP) is 5.04. The lowest BCUT2D eigenvalue weighted by Crippen LogP contribution is -2.75. The molecule has 10 nitrogen and oxygen atoms in total. The van der Waals surface area contributed by atoms with Gasteiger partial charge in [-0.05, 0) is 65.9 Å². The molecule has 1 aromatic heterocycles. The number of rotatable bonds is 11. The molecule has 0 spiro atoms. The number of aromatic amines is 1. The molecule has 4 aromatic rings. The van der Waals surface area contributed by atoms with Crippen LogP contribution in [-0.4, -0.2) is 65.5 Å². The predicted molar refractivity (Wildman–Crippen MR) is 198 cm³/mol. The van der Waals surface area contributed by atoms with Crippen molar-refractivity contribution in [1.29, 1.82) is 0 Å². The first-order valence-electron chi connectivity index (χ1n) is 17.0. The number of aryl methyl sites for hydroxylation is 1. The summed E-state index contributed by atoms with van der Waals surface area (Å²) in [6.45, 7) is 12.2. The summed E-state index contributed by atoms with van der Waals surface area (Å²) in [5.41, 5.74) is 4.72. The third kappa shape index (κ3) is 5.74. The molecule has 0 aliphatic carbocycles. The van der Waals surface area contributed by atoms with Gasteiger partial charge in [-0.2, -0.15) is 0 Å². The van der Waals surface area contributed by atoms with Gasteiger partial charge in [0.15, 0.2) is 0 Å². The molecule has 1 unspecified atom stereocenters. The molecule has 1 fully saturated rings. The summed E-state index contributed by atoms with van der Waals surface area (Å²) in [5, 5.41) is 25.3. The number of aliphatic hydroxyl groups excluding tert-OH is 1.